The molecule has 0 aromatic heterocycles. The lowest BCUT2D eigenvalue weighted by Gasteiger charge is -2.21. The van der Waals surface area contributed by atoms with E-state index >= 15 is 0 Å². The van der Waals surface area contributed by atoms with Crippen molar-refractivity contribution in [3.8, 4) is 0 Å². The predicted molar refractivity (Wildman–Crippen MR) is 47.2 cm³/mol. The molecule has 0 saturated heterocycles. The van der Waals surface area contributed by atoms with E-state index in [1.807, 2.05) is 0 Å². The van der Waals surface area contributed by atoms with Crippen LogP contribution >= 0.6 is 0 Å². The van der Waals surface area contributed by atoms with Gasteiger partial charge in [-0.15, -0.1) is 0 Å². The van der Waals surface area contributed by atoms with Gasteiger partial charge in [-0.25, -0.2) is 0 Å². The molecule has 0 unspecified atom stereocenters. The standard InChI is InChI=1S/C10H19N/c1-7(6-11)10(8-2-3-8)9-4-5-9/h7-10H,2-6,11H2,1H3/t7-/m0/s1. The molecule has 2 rings (SSSR count). The minimum Gasteiger partial charge on any atom is -0.330 e. The van der Waals surface area contributed by atoms with Gasteiger partial charge in [-0.3, -0.25) is 0 Å². The van der Waals surface area contributed by atoms with Gasteiger partial charge in [-0.1, -0.05) is 6.92 Å². The molecular formula is C10H19N. The summed E-state index contributed by atoms with van der Waals surface area (Å²) in [5.74, 6) is 3.93. The smallest absolute Gasteiger partial charge is 0.00487 e. The average molecular weight is 153 g/mol. The highest BCUT2D eigenvalue weighted by atomic mass is 14.6. The third-order valence-corrected chi connectivity index (χ3v) is 3.36. The van der Waals surface area contributed by atoms with Gasteiger partial charge in [-0.05, 0) is 55.9 Å². The summed E-state index contributed by atoms with van der Waals surface area (Å²) in [6, 6.07) is 0. The first kappa shape index (κ1) is 7.60. The fourth-order valence-electron chi connectivity index (χ4n) is 2.43. The van der Waals surface area contributed by atoms with Crippen LogP contribution in [0.3, 0.4) is 0 Å². The molecule has 2 N–H and O–H groups in total. The van der Waals surface area contributed by atoms with E-state index in [0.29, 0.717) is 0 Å². The van der Waals surface area contributed by atoms with Crippen LogP contribution in [0.15, 0.2) is 0 Å². The van der Waals surface area contributed by atoms with Crippen molar-refractivity contribution in [3.05, 3.63) is 0 Å². The van der Waals surface area contributed by atoms with Crippen LogP contribution < -0.4 is 5.73 Å². The molecule has 2 fully saturated rings. The van der Waals surface area contributed by atoms with Crippen LogP contribution in [0.25, 0.3) is 0 Å². The van der Waals surface area contributed by atoms with E-state index in [1.165, 1.54) is 25.7 Å². The van der Waals surface area contributed by atoms with Gasteiger partial charge in [0.15, 0.2) is 0 Å². The maximum absolute atomic E-state index is 5.70. The summed E-state index contributed by atoms with van der Waals surface area (Å²) in [6.07, 6.45) is 5.97. The van der Waals surface area contributed by atoms with Gasteiger partial charge in [0, 0.05) is 0 Å². The van der Waals surface area contributed by atoms with Crippen molar-refractivity contribution in [2.45, 2.75) is 32.6 Å². The summed E-state index contributed by atoms with van der Waals surface area (Å²) in [6.45, 7) is 3.24. The Morgan fingerprint density at radius 3 is 1.91 bits per heavy atom. The molecular weight excluding hydrogens is 134 g/mol. The van der Waals surface area contributed by atoms with Gasteiger partial charge in [0.05, 0.1) is 0 Å². The van der Waals surface area contributed by atoms with Crippen LogP contribution in [0, 0.1) is 23.7 Å². The monoisotopic (exact) mass is 153 g/mol. The molecule has 0 aromatic rings. The SMILES string of the molecule is C[C@@H](CN)C(C1CC1)C1CC1. The van der Waals surface area contributed by atoms with Crippen molar-refractivity contribution in [1.29, 1.82) is 0 Å². The molecule has 0 heterocycles. The van der Waals surface area contributed by atoms with Crippen LogP contribution in [0.1, 0.15) is 32.6 Å². The van der Waals surface area contributed by atoms with Crippen molar-refractivity contribution < 1.29 is 0 Å². The van der Waals surface area contributed by atoms with Crippen LogP contribution in [-0.4, -0.2) is 6.54 Å². The summed E-state index contributed by atoms with van der Waals surface area (Å²) in [4.78, 5) is 0. The molecule has 1 atom stereocenters. The lowest BCUT2D eigenvalue weighted by Crippen LogP contribution is -2.23. The van der Waals surface area contributed by atoms with E-state index in [4.69, 9.17) is 5.73 Å². The molecule has 0 amide bonds. The molecule has 0 aromatic carbocycles. The van der Waals surface area contributed by atoms with E-state index in [-0.39, 0.29) is 0 Å². The normalized spacial score (nSPS) is 27.5. The Labute approximate surface area is 69.4 Å². The van der Waals surface area contributed by atoms with E-state index in [9.17, 15) is 0 Å². The number of hydrogen-bond acceptors (Lipinski definition) is 1. The predicted octanol–water partition coefficient (Wildman–Crippen LogP) is 2.02. The lowest BCUT2D eigenvalue weighted by molar-refractivity contribution is 0.285. The fraction of sp³-hybridized carbons (Fsp3) is 1.00. The van der Waals surface area contributed by atoms with Gasteiger partial charge in [0.2, 0.25) is 0 Å². The van der Waals surface area contributed by atoms with Gasteiger partial charge >= 0.3 is 0 Å². The summed E-state index contributed by atoms with van der Waals surface area (Å²) in [5.41, 5.74) is 5.70. The summed E-state index contributed by atoms with van der Waals surface area (Å²) in [5, 5.41) is 0. The second kappa shape index (κ2) is 2.78. The van der Waals surface area contributed by atoms with Crippen molar-refractivity contribution in [1.82, 2.24) is 0 Å². The van der Waals surface area contributed by atoms with Crippen molar-refractivity contribution in [3.63, 3.8) is 0 Å². The quantitative estimate of drug-likeness (QED) is 0.657. The van der Waals surface area contributed by atoms with E-state index < -0.39 is 0 Å². The first-order valence-corrected chi connectivity index (χ1v) is 5.03. The maximum atomic E-state index is 5.70. The first-order valence-electron chi connectivity index (χ1n) is 5.03. The summed E-state index contributed by atoms with van der Waals surface area (Å²) in [7, 11) is 0. The summed E-state index contributed by atoms with van der Waals surface area (Å²) >= 11 is 0. The molecule has 2 aliphatic rings. The first-order chi connectivity index (χ1) is 5.33. The molecule has 2 aliphatic carbocycles. The number of hydrogen-bond donors (Lipinski definition) is 1. The Balaban J connectivity index is 1.90. The molecule has 11 heavy (non-hydrogen) atoms. The zero-order valence-electron chi connectivity index (χ0n) is 7.42. The molecule has 0 bridgehead atoms. The van der Waals surface area contributed by atoms with Crippen molar-refractivity contribution in [2.75, 3.05) is 6.54 Å². The van der Waals surface area contributed by atoms with Gasteiger partial charge in [0.1, 0.15) is 0 Å². The molecule has 64 valence electrons. The van der Waals surface area contributed by atoms with Crippen molar-refractivity contribution in [2.24, 2.45) is 29.4 Å². The Bertz CT molecular complexity index is 124. The highest BCUT2D eigenvalue weighted by Crippen LogP contribution is 2.52. The molecule has 0 spiro atoms. The zero-order valence-corrected chi connectivity index (χ0v) is 7.42. The van der Waals surface area contributed by atoms with E-state index in [0.717, 1.165) is 30.2 Å². The van der Waals surface area contributed by atoms with Crippen LogP contribution in [-0.2, 0) is 0 Å². The number of rotatable bonds is 4. The Morgan fingerprint density at radius 2 is 1.64 bits per heavy atom. The minimum atomic E-state index is 0.787. The van der Waals surface area contributed by atoms with Gasteiger partial charge < -0.3 is 5.73 Å². The topological polar surface area (TPSA) is 26.0 Å². The summed E-state index contributed by atoms with van der Waals surface area (Å²) < 4.78 is 0. The third kappa shape index (κ3) is 1.58. The van der Waals surface area contributed by atoms with Crippen LogP contribution in [0.4, 0.5) is 0 Å². The van der Waals surface area contributed by atoms with Crippen LogP contribution in [0.5, 0.6) is 0 Å². The second-order valence-electron chi connectivity index (χ2n) is 4.47. The molecule has 1 nitrogen and oxygen atoms in total. The minimum absolute atomic E-state index is 0.787. The average Bonchev–Trinajstić information content (AvgIpc) is 2.81. The second-order valence-corrected chi connectivity index (χ2v) is 4.47. The number of nitrogens with two attached hydrogens (primary N) is 1. The van der Waals surface area contributed by atoms with Crippen molar-refractivity contribution >= 4 is 0 Å². The van der Waals surface area contributed by atoms with E-state index in [1.54, 1.807) is 0 Å². The highest BCUT2D eigenvalue weighted by Gasteiger charge is 2.43. The highest BCUT2D eigenvalue weighted by molar-refractivity contribution is 4.93. The van der Waals surface area contributed by atoms with Gasteiger partial charge in [-0.2, -0.15) is 0 Å². The third-order valence-electron chi connectivity index (χ3n) is 3.36. The molecule has 0 radical (unpaired) electrons. The van der Waals surface area contributed by atoms with E-state index in [2.05, 4.69) is 6.92 Å². The molecule has 2 saturated carbocycles. The Kier molecular flexibility index (Phi) is 1.92. The maximum Gasteiger partial charge on any atom is -0.00487 e. The Morgan fingerprint density at radius 1 is 1.18 bits per heavy atom. The lowest BCUT2D eigenvalue weighted by atomic mass is 9.85. The van der Waals surface area contributed by atoms with Gasteiger partial charge in [0.25, 0.3) is 0 Å². The Hall–Kier alpha value is -0.0400. The van der Waals surface area contributed by atoms with Crippen LogP contribution in [0.2, 0.25) is 0 Å². The molecule has 0 aliphatic heterocycles. The molecule has 1 heteroatoms. The zero-order chi connectivity index (χ0) is 7.84. The fourth-order valence-corrected chi connectivity index (χ4v) is 2.43. The largest absolute Gasteiger partial charge is 0.330 e.